The Morgan fingerprint density at radius 2 is 1.00 bits per heavy atom. The molecule has 2 aliphatic rings. The Kier molecular flexibility index (Phi) is 11.6. The van der Waals surface area contributed by atoms with Gasteiger partial charge in [0.05, 0.1) is 19.3 Å². The van der Waals surface area contributed by atoms with Crippen molar-refractivity contribution in [3.05, 3.63) is 121 Å². The minimum Gasteiger partial charge on any atom is -0.458 e. The number of hydrogen-bond donors (Lipinski definition) is 0. The van der Waals surface area contributed by atoms with Gasteiger partial charge in [0.15, 0.2) is 0 Å². The van der Waals surface area contributed by atoms with E-state index < -0.39 is 21.4 Å². The Morgan fingerprint density at radius 1 is 0.617 bits per heavy atom. The molecule has 4 nitrogen and oxygen atoms in total. The highest BCUT2D eigenvalue weighted by Crippen LogP contribution is 2.59. The van der Waals surface area contributed by atoms with Gasteiger partial charge in [0.1, 0.15) is 12.2 Å². The average Bonchev–Trinajstić information content (AvgIpc) is 3.61. The van der Waals surface area contributed by atoms with Gasteiger partial charge in [0.2, 0.25) is 0 Å². The molecular weight excluding hydrogens is 618 g/mol. The lowest BCUT2D eigenvalue weighted by Crippen LogP contribution is -2.32. The van der Waals surface area contributed by atoms with E-state index in [0.717, 1.165) is 0 Å². The Labute approximate surface area is 283 Å². The molecule has 0 N–H and O–H groups in total. The van der Waals surface area contributed by atoms with Crippen LogP contribution in [0.3, 0.4) is 0 Å². The van der Waals surface area contributed by atoms with Crippen LogP contribution >= 0.6 is 15.8 Å². The van der Waals surface area contributed by atoms with Crippen molar-refractivity contribution in [2.24, 2.45) is 23.7 Å². The number of esters is 1. The predicted molar refractivity (Wildman–Crippen MR) is 197 cm³/mol. The summed E-state index contributed by atoms with van der Waals surface area (Å²) in [4.78, 5) is 12.2. The van der Waals surface area contributed by atoms with Gasteiger partial charge >= 0.3 is 5.97 Å². The first-order valence-corrected chi connectivity index (χ1v) is 20.1. The minimum atomic E-state index is -0.515. The van der Waals surface area contributed by atoms with Crippen molar-refractivity contribution >= 4 is 43.0 Å². The first kappa shape index (κ1) is 34.0. The van der Waals surface area contributed by atoms with Crippen LogP contribution in [0.15, 0.2) is 121 Å². The molecule has 0 radical (unpaired) electrons. The molecule has 0 amide bonds. The quantitative estimate of drug-likeness (QED) is 0.0808. The van der Waals surface area contributed by atoms with Gasteiger partial charge in [0.25, 0.3) is 0 Å². The van der Waals surface area contributed by atoms with Gasteiger partial charge in [-0.1, -0.05) is 121 Å². The first-order valence-electron chi connectivity index (χ1n) is 17.0. The van der Waals surface area contributed by atoms with Crippen molar-refractivity contribution in [1.29, 1.82) is 0 Å². The monoisotopic (exact) mass is 666 g/mol. The molecule has 0 heterocycles. The Morgan fingerprint density at radius 3 is 1.36 bits per heavy atom. The summed E-state index contributed by atoms with van der Waals surface area (Å²) in [5.41, 5.74) is -0.512. The SMILES string of the molecule is CC(C)(C)OC(=O)COCCOC1[C@H]2CC[C@@H]1[C@H](CP(c1ccccc1)c1ccccc1)[C@H]2CP(c1ccccc1)c1ccccc1. The lowest BCUT2D eigenvalue weighted by Gasteiger charge is -2.36. The number of carbonyl (C=O) groups excluding carboxylic acids is 1. The molecule has 0 aromatic heterocycles. The summed E-state index contributed by atoms with van der Waals surface area (Å²) in [6.45, 7) is 6.48. The minimum absolute atomic E-state index is 0.0414. The van der Waals surface area contributed by atoms with Crippen molar-refractivity contribution in [2.75, 3.05) is 32.1 Å². The van der Waals surface area contributed by atoms with Gasteiger partial charge in [-0.3, -0.25) is 0 Å². The molecule has 5 atom stereocenters. The maximum Gasteiger partial charge on any atom is 0.332 e. The summed E-state index contributed by atoms with van der Waals surface area (Å²) in [5.74, 6) is 1.87. The van der Waals surface area contributed by atoms with E-state index in [1.54, 1.807) is 0 Å². The van der Waals surface area contributed by atoms with Gasteiger partial charge in [-0.15, -0.1) is 0 Å². The zero-order valence-corrected chi connectivity index (χ0v) is 29.7. The van der Waals surface area contributed by atoms with Crippen molar-refractivity contribution in [3.63, 3.8) is 0 Å². The van der Waals surface area contributed by atoms with Gasteiger partial charge < -0.3 is 14.2 Å². The van der Waals surface area contributed by atoms with Gasteiger partial charge in [-0.25, -0.2) is 4.79 Å². The third-order valence-electron chi connectivity index (χ3n) is 9.56. The van der Waals surface area contributed by atoms with E-state index in [2.05, 4.69) is 121 Å². The van der Waals surface area contributed by atoms with Crippen LogP contribution in [-0.2, 0) is 19.0 Å². The van der Waals surface area contributed by atoms with E-state index >= 15 is 0 Å². The first-order chi connectivity index (χ1) is 22.9. The van der Waals surface area contributed by atoms with Crippen LogP contribution in [0.1, 0.15) is 33.6 Å². The third-order valence-corrected chi connectivity index (χ3v) is 14.8. The fourth-order valence-electron chi connectivity index (χ4n) is 7.71. The van der Waals surface area contributed by atoms with Crippen molar-refractivity contribution in [2.45, 2.75) is 45.3 Å². The molecule has 2 saturated carbocycles. The number of ether oxygens (including phenoxy) is 3. The number of hydrogen-bond acceptors (Lipinski definition) is 4. The van der Waals surface area contributed by atoms with Crippen LogP contribution in [0.2, 0.25) is 0 Å². The molecule has 0 saturated heterocycles. The summed E-state index contributed by atoms with van der Waals surface area (Å²) in [5, 5.41) is 5.82. The molecular formula is C41H48O4P2. The van der Waals surface area contributed by atoms with Crippen LogP contribution in [0, 0.1) is 23.7 Å². The topological polar surface area (TPSA) is 44.8 Å². The van der Waals surface area contributed by atoms with Crippen molar-refractivity contribution in [1.82, 2.24) is 0 Å². The molecule has 4 aromatic carbocycles. The Hall–Kier alpha value is -2.87. The summed E-state index contributed by atoms with van der Waals surface area (Å²) in [6.07, 6.45) is 5.02. The highest BCUT2D eigenvalue weighted by molar-refractivity contribution is 7.73. The smallest absolute Gasteiger partial charge is 0.332 e. The molecule has 1 unspecified atom stereocenters. The number of rotatable bonds is 14. The van der Waals surface area contributed by atoms with E-state index in [0.29, 0.717) is 36.9 Å². The van der Waals surface area contributed by atoms with E-state index in [9.17, 15) is 4.79 Å². The molecule has 4 aromatic rings. The second-order valence-electron chi connectivity index (χ2n) is 13.8. The van der Waals surface area contributed by atoms with E-state index in [1.807, 2.05) is 20.8 Å². The second kappa shape index (κ2) is 16.0. The van der Waals surface area contributed by atoms with Crippen molar-refractivity contribution < 1.29 is 19.0 Å². The highest BCUT2D eigenvalue weighted by Gasteiger charge is 2.55. The summed E-state index contributed by atoms with van der Waals surface area (Å²) in [6, 6.07) is 44.7. The van der Waals surface area contributed by atoms with Crippen molar-refractivity contribution in [3.8, 4) is 0 Å². The molecule has 0 aliphatic heterocycles. The predicted octanol–water partition coefficient (Wildman–Crippen LogP) is 7.27. The van der Waals surface area contributed by atoms with Crippen LogP contribution in [0.25, 0.3) is 0 Å². The van der Waals surface area contributed by atoms with E-state index in [1.165, 1.54) is 46.4 Å². The summed E-state index contributed by atoms with van der Waals surface area (Å²) >= 11 is 0. The Balaban J connectivity index is 1.25. The van der Waals surface area contributed by atoms with Crippen LogP contribution in [0.4, 0.5) is 0 Å². The van der Waals surface area contributed by atoms with Gasteiger partial charge in [-0.05, 0) is 107 Å². The van der Waals surface area contributed by atoms with Crippen LogP contribution in [-0.4, -0.2) is 49.8 Å². The average molecular weight is 667 g/mol. The standard InChI is InChI=1S/C41H48O4P2/c1-41(2,3)45-39(42)28-43-26-27-44-40-35-24-25-36(40)38(30-47(33-20-12-6-13-21-33)34-22-14-7-15-23-34)37(35)29-46(31-16-8-4-9-17-31)32-18-10-5-11-19-32/h4-23,35-38,40H,24-30H2,1-3H3/t35-,36+,37-,38-,40?/m0/s1. The molecule has 2 bridgehead atoms. The molecule has 6 rings (SSSR count). The normalized spacial score (nSPS) is 22.2. The zero-order valence-electron chi connectivity index (χ0n) is 27.9. The summed E-state index contributed by atoms with van der Waals surface area (Å²) in [7, 11) is -1.03. The fourth-order valence-corrected chi connectivity index (χ4v) is 13.2. The van der Waals surface area contributed by atoms with E-state index in [4.69, 9.17) is 14.2 Å². The van der Waals surface area contributed by atoms with Gasteiger partial charge in [-0.2, -0.15) is 0 Å². The maximum absolute atomic E-state index is 12.2. The third kappa shape index (κ3) is 8.79. The largest absolute Gasteiger partial charge is 0.458 e. The van der Waals surface area contributed by atoms with E-state index in [-0.39, 0.29) is 18.7 Å². The summed E-state index contributed by atoms with van der Waals surface area (Å²) < 4.78 is 17.9. The number of benzene rings is 4. The molecule has 2 aliphatic carbocycles. The van der Waals surface area contributed by atoms with Gasteiger partial charge in [0, 0.05) is 0 Å². The fraction of sp³-hybridized carbons (Fsp3) is 0.390. The van der Waals surface area contributed by atoms with Crippen LogP contribution in [0.5, 0.6) is 0 Å². The Bertz CT molecular complexity index is 1350. The maximum atomic E-state index is 12.2. The number of carbonyl (C=O) groups is 1. The lowest BCUT2D eigenvalue weighted by atomic mass is 9.81. The highest BCUT2D eigenvalue weighted by atomic mass is 31.1. The van der Waals surface area contributed by atoms with Crippen LogP contribution < -0.4 is 21.2 Å². The lowest BCUT2D eigenvalue weighted by molar-refractivity contribution is -0.160. The molecule has 47 heavy (non-hydrogen) atoms. The molecule has 2 fully saturated rings. The molecule has 246 valence electrons. The molecule has 6 heteroatoms. The second-order valence-corrected chi connectivity index (χ2v) is 18.3. The zero-order chi connectivity index (χ0) is 32.6. The molecule has 0 spiro atoms. The number of fused-ring (bicyclic) bond motifs is 2.